The van der Waals surface area contributed by atoms with Gasteiger partial charge in [0.15, 0.2) is 0 Å². The second-order valence-corrected chi connectivity index (χ2v) is 4.14. The van der Waals surface area contributed by atoms with E-state index in [1.807, 2.05) is 24.3 Å². The Morgan fingerprint density at radius 2 is 1.86 bits per heavy atom. The van der Waals surface area contributed by atoms with Crippen LogP contribution in [0.25, 0.3) is 0 Å². The van der Waals surface area contributed by atoms with Crippen LogP contribution in [-0.2, 0) is 0 Å². The molecule has 0 bridgehead atoms. The second-order valence-electron chi connectivity index (χ2n) is 3.76. The molecule has 2 nitrogen and oxygen atoms in total. The Morgan fingerprint density at radius 1 is 1.21 bits per heavy atom. The topological polar surface area (TPSA) is 20.3 Å². The van der Waals surface area contributed by atoms with Gasteiger partial charge in [0.2, 0.25) is 0 Å². The van der Waals surface area contributed by atoms with E-state index in [1.165, 1.54) is 0 Å². The molecule has 0 unspecified atom stereocenters. The minimum Gasteiger partial charge on any atom is -0.295 e. The molecule has 14 heavy (non-hydrogen) atoms. The first-order valence-corrected chi connectivity index (χ1v) is 5.17. The van der Waals surface area contributed by atoms with Crippen molar-refractivity contribution in [1.29, 1.82) is 0 Å². The fraction of sp³-hybridized carbons (Fsp3) is 0.273. The molecule has 1 fully saturated rings. The molecule has 1 aromatic rings. The van der Waals surface area contributed by atoms with E-state index in [0.717, 1.165) is 24.0 Å². The molecule has 0 spiro atoms. The van der Waals surface area contributed by atoms with Gasteiger partial charge in [-0.2, -0.15) is 0 Å². The summed E-state index contributed by atoms with van der Waals surface area (Å²) in [5.74, 6) is 0.0908. The predicted octanol–water partition coefficient (Wildman–Crippen LogP) is 1.98. The van der Waals surface area contributed by atoms with Gasteiger partial charge in [0, 0.05) is 11.6 Å². The zero-order chi connectivity index (χ0) is 9.71. The van der Waals surface area contributed by atoms with Crippen LogP contribution >= 0.6 is 12.2 Å². The monoisotopic (exact) mass is 203 g/mol. The second kappa shape index (κ2) is 2.64. The summed E-state index contributed by atoms with van der Waals surface area (Å²) >= 11 is 5.29. The smallest absolute Gasteiger partial charge is 0.259 e. The lowest BCUT2D eigenvalue weighted by molar-refractivity contribution is 0.0855. The van der Waals surface area contributed by atoms with Crippen LogP contribution in [0.3, 0.4) is 0 Å². The highest BCUT2D eigenvalue weighted by Crippen LogP contribution is 2.34. The SMILES string of the molecule is O=C1c2ccccc2C(=S)N1C1CC1. The highest BCUT2D eigenvalue weighted by Gasteiger charge is 2.41. The molecule has 1 aromatic carbocycles. The third-order valence-corrected chi connectivity index (χ3v) is 3.15. The number of carbonyl (C=O) groups is 1. The average Bonchev–Trinajstić information content (AvgIpc) is 2.99. The third-order valence-electron chi connectivity index (χ3n) is 2.74. The van der Waals surface area contributed by atoms with Gasteiger partial charge in [-0.25, -0.2) is 0 Å². The summed E-state index contributed by atoms with van der Waals surface area (Å²) in [5.41, 5.74) is 1.70. The van der Waals surface area contributed by atoms with Crippen molar-refractivity contribution in [3.05, 3.63) is 35.4 Å². The standard InChI is InChI=1S/C11H9NOS/c13-10-8-3-1-2-4-9(8)11(14)12(10)7-5-6-7/h1-4,7H,5-6H2. The molecule has 70 valence electrons. The minimum atomic E-state index is 0.0908. The lowest BCUT2D eigenvalue weighted by Gasteiger charge is -2.13. The van der Waals surface area contributed by atoms with Gasteiger partial charge < -0.3 is 0 Å². The molecule has 1 amide bonds. The maximum atomic E-state index is 11.9. The van der Waals surface area contributed by atoms with Crippen LogP contribution < -0.4 is 0 Å². The summed E-state index contributed by atoms with van der Waals surface area (Å²) in [7, 11) is 0. The van der Waals surface area contributed by atoms with E-state index in [2.05, 4.69) is 0 Å². The van der Waals surface area contributed by atoms with Gasteiger partial charge in [-0.05, 0) is 18.9 Å². The van der Waals surface area contributed by atoms with E-state index in [4.69, 9.17) is 12.2 Å². The summed E-state index contributed by atoms with van der Waals surface area (Å²) in [6, 6.07) is 7.97. The highest BCUT2D eigenvalue weighted by molar-refractivity contribution is 7.80. The maximum Gasteiger partial charge on any atom is 0.259 e. The molecule has 3 rings (SSSR count). The highest BCUT2D eigenvalue weighted by atomic mass is 32.1. The fourth-order valence-electron chi connectivity index (χ4n) is 1.87. The Balaban J connectivity index is 2.12. The van der Waals surface area contributed by atoms with Crippen molar-refractivity contribution in [1.82, 2.24) is 4.90 Å². The molecule has 1 aliphatic carbocycles. The number of amides is 1. The Kier molecular flexibility index (Phi) is 1.53. The van der Waals surface area contributed by atoms with Crippen LogP contribution in [0.4, 0.5) is 0 Å². The van der Waals surface area contributed by atoms with Crippen molar-refractivity contribution in [2.45, 2.75) is 18.9 Å². The first-order chi connectivity index (χ1) is 6.79. The van der Waals surface area contributed by atoms with Crippen LogP contribution in [0.5, 0.6) is 0 Å². The van der Waals surface area contributed by atoms with E-state index < -0.39 is 0 Å². The minimum absolute atomic E-state index is 0.0908. The fourth-order valence-corrected chi connectivity index (χ4v) is 2.28. The van der Waals surface area contributed by atoms with E-state index in [1.54, 1.807) is 4.90 Å². The molecule has 1 aliphatic heterocycles. The summed E-state index contributed by atoms with van der Waals surface area (Å²) in [5, 5.41) is 0. The molecule has 0 radical (unpaired) electrons. The lowest BCUT2D eigenvalue weighted by Crippen LogP contribution is -2.31. The Hall–Kier alpha value is -1.22. The van der Waals surface area contributed by atoms with E-state index in [-0.39, 0.29) is 5.91 Å². The summed E-state index contributed by atoms with van der Waals surface area (Å²) < 4.78 is 0. The molecule has 1 heterocycles. The van der Waals surface area contributed by atoms with Crippen molar-refractivity contribution in [3.8, 4) is 0 Å². The summed E-state index contributed by atoms with van der Waals surface area (Å²) in [6.45, 7) is 0. The van der Waals surface area contributed by atoms with Crippen LogP contribution in [0, 0.1) is 0 Å². The molecular weight excluding hydrogens is 194 g/mol. The third kappa shape index (κ3) is 0.960. The number of carbonyl (C=O) groups excluding carboxylic acids is 1. The van der Waals surface area contributed by atoms with Gasteiger partial charge >= 0.3 is 0 Å². The predicted molar refractivity (Wildman–Crippen MR) is 57.3 cm³/mol. The summed E-state index contributed by atoms with van der Waals surface area (Å²) in [6.07, 6.45) is 2.19. The average molecular weight is 203 g/mol. The van der Waals surface area contributed by atoms with Gasteiger partial charge in [0.05, 0.1) is 5.56 Å². The molecule has 0 N–H and O–H groups in total. The summed E-state index contributed by atoms with van der Waals surface area (Å²) in [4.78, 5) is 14.4. The van der Waals surface area contributed by atoms with Gasteiger partial charge in [-0.3, -0.25) is 9.69 Å². The lowest BCUT2D eigenvalue weighted by atomic mass is 10.1. The largest absolute Gasteiger partial charge is 0.295 e. The van der Waals surface area contributed by atoms with Crippen LogP contribution in [0.15, 0.2) is 24.3 Å². The van der Waals surface area contributed by atoms with Crippen molar-refractivity contribution >= 4 is 23.1 Å². The van der Waals surface area contributed by atoms with Gasteiger partial charge in [0.25, 0.3) is 5.91 Å². The van der Waals surface area contributed by atoms with Crippen LogP contribution in [0.1, 0.15) is 28.8 Å². The molecule has 2 aliphatic rings. The molecular formula is C11H9NOS. The van der Waals surface area contributed by atoms with Gasteiger partial charge in [-0.15, -0.1) is 0 Å². The number of benzene rings is 1. The molecule has 1 saturated carbocycles. The Bertz CT molecular complexity index is 402. The Labute approximate surface area is 87.5 Å². The molecule has 3 heteroatoms. The number of fused-ring (bicyclic) bond motifs is 1. The first kappa shape index (κ1) is 8.12. The zero-order valence-electron chi connectivity index (χ0n) is 7.56. The quantitative estimate of drug-likeness (QED) is 0.650. The van der Waals surface area contributed by atoms with Crippen molar-refractivity contribution in [2.24, 2.45) is 0 Å². The number of nitrogens with zero attached hydrogens (tertiary/aromatic N) is 1. The molecule has 0 saturated heterocycles. The van der Waals surface area contributed by atoms with Gasteiger partial charge in [0.1, 0.15) is 4.99 Å². The number of hydrogen-bond donors (Lipinski definition) is 0. The van der Waals surface area contributed by atoms with Crippen LogP contribution in [-0.4, -0.2) is 21.8 Å². The van der Waals surface area contributed by atoms with E-state index in [9.17, 15) is 4.79 Å². The van der Waals surface area contributed by atoms with E-state index >= 15 is 0 Å². The first-order valence-electron chi connectivity index (χ1n) is 4.76. The normalized spacial score (nSPS) is 20.1. The Morgan fingerprint density at radius 3 is 2.43 bits per heavy atom. The zero-order valence-corrected chi connectivity index (χ0v) is 8.38. The van der Waals surface area contributed by atoms with Crippen molar-refractivity contribution < 1.29 is 4.79 Å². The molecule has 0 atom stereocenters. The van der Waals surface area contributed by atoms with E-state index in [0.29, 0.717) is 11.0 Å². The number of hydrogen-bond acceptors (Lipinski definition) is 2. The number of rotatable bonds is 1. The van der Waals surface area contributed by atoms with Crippen molar-refractivity contribution in [2.75, 3.05) is 0 Å². The molecule has 0 aromatic heterocycles. The van der Waals surface area contributed by atoms with Gasteiger partial charge in [-0.1, -0.05) is 30.4 Å². The van der Waals surface area contributed by atoms with Crippen molar-refractivity contribution in [3.63, 3.8) is 0 Å². The number of thiocarbonyl (C=S) groups is 1. The maximum absolute atomic E-state index is 11.9. The van der Waals surface area contributed by atoms with Crippen LogP contribution in [0.2, 0.25) is 0 Å².